The second-order valence-corrected chi connectivity index (χ2v) is 13.6. The molecule has 5 aromatic heterocycles. The van der Waals surface area contributed by atoms with Gasteiger partial charge in [-0.1, -0.05) is 97.1 Å². The zero-order valence-electron chi connectivity index (χ0n) is 27.3. The molecule has 236 valence electrons. The first-order valence-corrected chi connectivity index (χ1v) is 17.4. The molecule has 0 aliphatic heterocycles. The lowest BCUT2D eigenvalue weighted by Gasteiger charge is -2.30. The van der Waals surface area contributed by atoms with Crippen LogP contribution in [-0.2, 0) is 5.41 Å². The van der Waals surface area contributed by atoms with Crippen LogP contribution in [0.25, 0.3) is 77.5 Å². The van der Waals surface area contributed by atoms with Crippen molar-refractivity contribution < 1.29 is 0 Å². The zero-order valence-corrected chi connectivity index (χ0v) is 27.3. The Bertz CT molecular complexity index is 3030. The summed E-state index contributed by atoms with van der Waals surface area (Å²) in [5.74, 6) is 0. The Morgan fingerprint density at radius 2 is 1.12 bits per heavy atom. The van der Waals surface area contributed by atoms with Crippen molar-refractivity contribution in [2.45, 2.75) is 5.41 Å². The molecule has 0 saturated carbocycles. The van der Waals surface area contributed by atoms with Gasteiger partial charge >= 0.3 is 0 Å². The number of rotatable bonds is 2. The molecule has 2 aliphatic carbocycles. The highest BCUT2D eigenvalue weighted by Gasteiger charge is 2.51. The predicted octanol–water partition coefficient (Wildman–Crippen LogP) is 10.4. The van der Waals surface area contributed by atoms with Gasteiger partial charge < -0.3 is 4.57 Å². The van der Waals surface area contributed by atoms with Gasteiger partial charge in [0.25, 0.3) is 0 Å². The standard InChI is InChI=1S/C46H27N5/c1-2-11-28(12-3-1)51-40-22-24-47-26-34(40)42-44-35(27-49-45(42)51)43-41(19-10-23-48-43)50(44)29-20-21-33-32-15-6-9-18-38(32)46(39(33)25-29)36-16-7-4-13-30(36)31-14-5-8-17-37(31)46/h1-27H. The number of aromatic nitrogens is 5. The molecule has 0 atom stereocenters. The summed E-state index contributed by atoms with van der Waals surface area (Å²) in [5.41, 5.74) is 17.2. The Balaban J connectivity index is 1.23. The molecular weight excluding hydrogens is 623 g/mol. The van der Waals surface area contributed by atoms with Crippen LogP contribution in [0.1, 0.15) is 22.3 Å². The lowest BCUT2D eigenvalue weighted by molar-refractivity contribution is 0.792. The van der Waals surface area contributed by atoms with Crippen molar-refractivity contribution in [2.75, 3.05) is 0 Å². The first kappa shape index (κ1) is 27.0. The van der Waals surface area contributed by atoms with Gasteiger partial charge in [0.1, 0.15) is 5.65 Å². The first-order chi connectivity index (χ1) is 25.3. The number of para-hydroxylation sites is 1. The van der Waals surface area contributed by atoms with Crippen molar-refractivity contribution in [3.05, 3.63) is 187 Å². The molecule has 5 heteroatoms. The quantitative estimate of drug-likeness (QED) is 0.187. The molecule has 0 N–H and O–H groups in total. The van der Waals surface area contributed by atoms with Gasteiger partial charge in [0.05, 0.1) is 32.9 Å². The molecule has 5 aromatic carbocycles. The summed E-state index contributed by atoms with van der Waals surface area (Å²) in [6.45, 7) is 0. The highest BCUT2D eigenvalue weighted by Crippen LogP contribution is 2.63. The molecule has 0 fully saturated rings. The molecule has 0 unspecified atom stereocenters. The average molecular weight is 650 g/mol. The van der Waals surface area contributed by atoms with Gasteiger partial charge in [0.15, 0.2) is 0 Å². The van der Waals surface area contributed by atoms with E-state index < -0.39 is 5.41 Å². The van der Waals surface area contributed by atoms with Crippen molar-refractivity contribution in [1.82, 2.24) is 24.1 Å². The fourth-order valence-corrected chi connectivity index (χ4v) is 9.44. The Kier molecular flexibility index (Phi) is 5.11. The lowest BCUT2D eigenvalue weighted by atomic mass is 9.70. The van der Waals surface area contributed by atoms with E-state index in [-0.39, 0.29) is 0 Å². The third-order valence-electron chi connectivity index (χ3n) is 11.3. The molecule has 2 aliphatic rings. The lowest BCUT2D eigenvalue weighted by Crippen LogP contribution is -2.26. The smallest absolute Gasteiger partial charge is 0.147 e. The van der Waals surface area contributed by atoms with Crippen LogP contribution in [0.5, 0.6) is 0 Å². The molecule has 5 heterocycles. The van der Waals surface area contributed by atoms with E-state index in [0.29, 0.717) is 0 Å². The third-order valence-corrected chi connectivity index (χ3v) is 11.3. The Morgan fingerprint density at radius 1 is 0.451 bits per heavy atom. The first-order valence-electron chi connectivity index (χ1n) is 17.4. The minimum absolute atomic E-state index is 0.434. The van der Waals surface area contributed by atoms with Crippen LogP contribution in [-0.4, -0.2) is 24.1 Å². The van der Waals surface area contributed by atoms with E-state index in [1.807, 2.05) is 36.9 Å². The summed E-state index contributed by atoms with van der Waals surface area (Å²) in [5, 5.41) is 3.14. The van der Waals surface area contributed by atoms with E-state index in [4.69, 9.17) is 9.97 Å². The molecule has 0 bridgehead atoms. The molecule has 12 rings (SSSR count). The fourth-order valence-electron chi connectivity index (χ4n) is 9.44. The van der Waals surface area contributed by atoms with E-state index in [1.54, 1.807) is 0 Å². The SMILES string of the molecule is c1ccc(-n2c3ccncc3c3c2ncc2c4ncccc4n(-c4ccc5c(c4)C4(c6ccccc6-c6ccccc64)c4ccccc4-5)c23)cc1. The number of hydrogen-bond donors (Lipinski definition) is 0. The van der Waals surface area contributed by atoms with Crippen LogP contribution in [0.2, 0.25) is 0 Å². The van der Waals surface area contributed by atoms with Crippen LogP contribution in [0.3, 0.4) is 0 Å². The van der Waals surface area contributed by atoms with Gasteiger partial charge in [-0.15, -0.1) is 0 Å². The maximum Gasteiger partial charge on any atom is 0.147 e. The number of benzene rings is 5. The van der Waals surface area contributed by atoms with Gasteiger partial charge in [-0.3, -0.25) is 14.5 Å². The van der Waals surface area contributed by atoms with Crippen LogP contribution in [0, 0.1) is 0 Å². The largest absolute Gasteiger partial charge is 0.307 e. The summed E-state index contributed by atoms with van der Waals surface area (Å²) in [6.07, 6.45) is 7.73. The van der Waals surface area contributed by atoms with E-state index in [2.05, 4.69) is 142 Å². The van der Waals surface area contributed by atoms with E-state index in [0.717, 1.165) is 55.2 Å². The predicted molar refractivity (Wildman–Crippen MR) is 205 cm³/mol. The summed E-state index contributed by atoms with van der Waals surface area (Å²) in [6, 6.07) is 50.8. The highest BCUT2D eigenvalue weighted by atomic mass is 15.1. The summed E-state index contributed by atoms with van der Waals surface area (Å²) >= 11 is 0. The molecular formula is C46H27N5. The van der Waals surface area contributed by atoms with Crippen molar-refractivity contribution in [3.63, 3.8) is 0 Å². The van der Waals surface area contributed by atoms with Crippen molar-refractivity contribution >= 4 is 43.9 Å². The molecule has 5 nitrogen and oxygen atoms in total. The maximum atomic E-state index is 5.15. The summed E-state index contributed by atoms with van der Waals surface area (Å²) in [4.78, 5) is 14.7. The molecule has 51 heavy (non-hydrogen) atoms. The van der Waals surface area contributed by atoms with Crippen molar-refractivity contribution in [1.29, 1.82) is 0 Å². The zero-order chi connectivity index (χ0) is 33.3. The Hall–Kier alpha value is -6.85. The monoisotopic (exact) mass is 649 g/mol. The molecule has 0 saturated heterocycles. The number of hydrogen-bond acceptors (Lipinski definition) is 3. The summed E-state index contributed by atoms with van der Waals surface area (Å²) in [7, 11) is 0. The number of pyridine rings is 3. The Morgan fingerprint density at radius 3 is 1.84 bits per heavy atom. The minimum Gasteiger partial charge on any atom is -0.307 e. The van der Waals surface area contributed by atoms with Crippen LogP contribution in [0.4, 0.5) is 0 Å². The number of nitrogens with zero attached hydrogens (tertiary/aromatic N) is 5. The Labute approximate surface area is 292 Å². The van der Waals surface area contributed by atoms with Crippen LogP contribution >= 0.6 is 0 Å². The minimum atomic E-state index is -0.434. The molecule has 10 aromatic rings. The van der Waals surface area contributed by atoms with Crippen LogP contribution < -0.4 is 0 Å². The fraction of sp³-hybridized carbons (Fsp3) is 0.0217. The van der Waals surface area contributed by atoms with Crippen molar-refractivity contribution in [2.24, 2.45) is 0 Å². The normalized spacial score (nSPS) is 13.6. The van der Waals surface area contributed by atoms with Gasteiger partial charge in [-0.25, -0.2) is 4.98 Å². The summed E-state index contributed by atoms with van der Waals surface area (Å²) < 4.78 is 4.66. The second kappa shape index (κ2) is 9.65. The van der Waals surface area contributed by atoms with Crippen LogP contribution in [0.15, 0.2) is 164 Å². The molecule has 1 spiro atoms. The maximum absolute atomic E-state index is 5.15. The third kappa shape index (κ3) is 3.24. The molecule has 0 amide bonds. The second-order valence-electron chi connectivity index (χ2n) is 13.6. The molecule has 0 radical (unpaired) electrons. The van der Waals surface area contributed by atoms with Gasteiger partial charge in [0, 0.05) is 46.9 Å². The topological polar surface area (TPSA) is 48.5 Å². The van der Waals surface area contributed by atoms with E-state index >= 15 is 0 Å². The average Bonchev–Trinajstić information content (AvgIpc) is 3.90. The number of fused-ring (bicyclic) bond motifs is 17. The van der Waals surface area contributed by atoms with E-state index in [9.17, 15) is 0 Å². The van der Waals surface area contributed by atoms with E-state index in [1.165, 1.54) is 44.5 Å². The van der Waals surface area contributed by atoms with Gasteiger partial charge in [-0.05, 0) is 87.0 Å². The highest BCUT2D eigenvalue weighted by molar-refractivity contribution is 6.24. The van der Waals surface area contributed by atoms with Crippen molar-refractivity contribution in [3.8, 4) is 33.6 Å². The van der Waals surface area contributed by atoms with Gasteiger partial charge in [-0.2, -0.15) is 0 Å². The van der Waals surface area contributed by atoms with Gasteiger partial charge in [0.2, 0.25) is 0 Å².